The maximum Gasteiger partial charge on any atom is 0.246 e. The summed E-state index contributed by atoms with van der Waals surface area (Å²) in [6.45, 7) is 5.09. The van der Waals surface area contributed by atoms with E-state index in [4.69, 9.17) is 46.4 Å². The van der Waals surface area contributed by atoms with Crippen molar-refractivity contribution in [3.05, 3.63) is 62.1 Å². The Bertz CT molecular complexity index is 1430. The third kappa shape index (κ3) is 5.46. The highest BCUT2D eigenvalue weighted by Gasteiger charge is 2.55. The Balaban J connectivity index is 1.63. The van der Waals surface area contributed by atoms with Crippen molar-refractivity contribution in [2.75, 3.05) is 26.2 Å². The molecule has 0 aliphatic carbocycles. The van der Waals surface area contributed by atoms with E-state index < -0.39 is 28.3 Å². The molecule has 2 aromatic rings. The second-order valence-corrected chi connectivity index (χ2v) is 14.2. The van der Waals surface area contributed by atoms with Gasteiger partial charge in [0, 0.05) is 24.0 Å². The molecule has 3 unspecified atom stereocenters. The molecule has 3 heterocycles. The summed E-state index contributed by atoms with van der Waals surface area (Å²) in [5.41, 5.74) is 0.711. The number of hydrogen-bond donors (Lipinski definition) is 0. The van der Waals surface area contributed by atoms with Gasteiger partial charge >= 0.3 is 0 Å². The fraction of sp³-hybridized carbons (Fsp3) is 0.481. The highest BCUT2D eigenvalue weighted by atomic mass is 35.5. The molecule has 40 heavy (non-hydrogen) atoms. The first-order chi connectivity index (χ1) is 18.9. The molecular weight excluding hydrogens is 618 g/mol. The molecule has 0 aromatic heterocycles. The Labute approximate surface area is 254 Å². The van der Waals surface area contributed by atoms with E-state index >= 15 is 0 Å². The summed E-state index contributed by atoms with van der Waals surface area (Å²) in [4.78, 5) is 33.2. The molecule has 0 spiro atoms. The Hall–Kier alpha value is -1.59. The summed E-state index contributed by atoms with van der Waals surface area (Å²) in [5, 5.41) is 1.02. The number of piperazine rings is 1. The molecule has 2 aromatic carbocycles. The lowest BCUT2D eigenvalue weighted by molar-refractivity contribution is -0.171. The Morgan fingerprint density at radius 1 is 0.875 bits per heavy atom. The van der Waals surface area contributed by atoms with Gasteiger partial charge in [-0.05, 0) is 75.7 Å². The number of fused-ring (bicyclic) bond motifs is 1. The van der Waals surface area contributed by atoms with Crippen LogP contribution in [0.1, 0.15) is 32.3 Å². The molecule has 3 aliphatic heterocycles. The molecule has 0 bridgehead atoms. The number of likely N-dealkylation sites (tertiary alicyclic amines) is 1. The molecular formula is C27H30Cl4N4O4S. The molecule has 13 heteroatoms. The molecule has 8 nitrogen and oxygen atoms in total. The highest BCUT2D eigenvalue weighted by molar-refractivity contribution is 7.89. The van der Waals surface area contributed by atoms with Crippen LogP contribution in [-0.4, -0.2) is 89.7 Å². The number of amides is 2. The van der Waals surface area contributed by atoms with Crippen LogP contribution in [0.25, 0.3) is 0 Å². The lowest BCUT2D eigenvalue weighted by Gasteiger charge is -2.55. The first-order valence-corrected chi connectivity index (χ1v) is 16.1. The van der Waals surface area contributed by atoms with Crippen molar-refractivity contribution in [1.82, 2.24) is 19.0 Å². The van der Waals surface area contributed by atoms with Crippen molar-refractivity contribution in [3.8, 4) is 0 Å². The first kappa shape index (κ1) is 29.9. The second kappa shape index (κ2) is 11.6. The summed E-state index contributed by atoms with van der Waals surface area (Å²) >= 11 is 24.9. The van der Waals surface area contributed by atoms with E-state index in [1.54, 1.807) is 23.1 Å². The van der Waals surface area contributed by atoms with Crippen molar-refractivity contribution in [2.45, 2.75) is 62.3 Å². The van der Waals surface area contributed by atoms with Gasteiger partial charge in [-0.1, -0.05) is 52.5 Å². The zero-order valence-corrected chi connectivity index (χ0v) is 25.9. The van der Waals surface area contributed by atoms with Crippen molar-refractivity contribution in [1.29, 1.82) is 0 Å². The largest absolute Gasteiger partial charge is 0.335 e. The summed E-state index contributed by atoms with van der Waals surface area (Å²) in [6.07, 6.45) is 1.06. The zero-order valence-electron chi connectivity index (χ0n) is 22.1. The molecule has 5 rings (SSSR count). The normalized spacial score (nSPS) is 24.7. The van der Waals surface area contributed by atoms with Gasteiger partial charge in [-0.15, -0.1) is 0 Å². The van der Waals surface area contributed by atoms with E-state index in [0.717, 1.165) is 12.8 Å². The van der Waals surface area contributed by atoms with Crippen LogP contribution in [0.2, 0.25) is 20.1 Å². The number of nitrogens with zero attached hydrogens (tertiary/aromatic N) is 4. The standard InChI is InChI=1S/C27H30Cl4N4O4S/c1-16(2)33-15-25-34(40(38,39)24-8-6-18(28)13-21(24)31)14-23(32-9-3-4-10-32)27(37)35(25)22(26(33)36)12-17-5-7-19(29)20(30)11-17/h5-8,11,13,16,22-23,25H,3-4,9-10,12,14-15H2,1-2H3. The van der Waals surface area contributed by atoms with Gasteiger partial charge in [-0.25, -0.2) is 8.42 Å². The van der Waals surface area contributed by atoms with Crippen molar-refractivity contribution < 1.29 is 18.0 Å². The molecule has 3 fully saturated rings. The molecule has 3 aliphatic rings. The maximum atomic E-state index is 14.3. The van der Waals surface area contributed by atoms with E-state index in [9.17, 15) is 18.0 Å². The van der Waals surface area contributed by atoms with E-state index in [0.29, 0.717) is 33.7 Å². The van der Waals surface area contributed by atoms with Gasteiger partial charge in [0.1, 0.15) is 23.1 Å². The van der Waals surface area contributed by atoms with E-state index in [2.05, 4.69) is 0 Å². The fourth-order valence-corrected chi connectivity index (χ4v) is 8.53. The van der Waals surface area contributed by atoms with Crippen LogP contribution in [0.4, 0.5) is 0 Å². The quantitative estimate of drug-likeness (QED) is 0.451. The van der Waals surface area contributed by atoms with Crippen molar-refractivity contribution in [3.63, 3.8) is 0 Å². The van der Waals surface area contributed by atoms with Crippen LogP contribution in [0.5, 0.6) is 0 Å². The minimum absolute atomic E-state index is 0.00590. The number of carbonyl (C=O) groups is 2. The predicted molar refractivity (Wildman–Crippen MR) is 156 cm³/mol. The van der Waals surface area contributed by atoms with Gasteiger partial charge in [-0.2, -0.15) is 4.31 Å². The van der Waals surface area contributed by atoms with Crippen LogP contribution < -0.4 is 0 Å². The monoisotopic (exact) mass is 646 g/mol. The van der Waals surface area contributed by atoms with E-state index in [-0.39, 0.29) is 47.3 Å². The minimum atomic E-state index is -4.20. The summed E-state index contributed by atoms with van der Waals surface area (Å²) in [5.74, 6) is -0.489. The van der Waals surface area contributed by atoms with Crippen molar-refractivity contribution in [2.24, 2.45) is 0 Å². The maximum absolute atomic E-state index is 14.3. The number of halogens is 4. The first-order valence-electron chi connectivity index (χ1n) is 13.2. The van der Waals surface area contributed by atoms with Crippen LogP contribution in [0.15, 0.2) is 41.3 Å². The second-order valence-electron chi connectivity index (χ2n) is 10.7. The molecule has 3 atom stereocenters. The van der Waals surface area contributed by atoms with Gasteiger partial charge in [0.25, 0.3) is 0 Å². The number of hydrogen-bond acceptors (Lipinski definition) is 5. The number of sulfonamides is 1. The van der Waals surface area contributed by atoms with Crippen LogP contribution in [0, 0.1) is 0 Å². The molecule has 0 N–H and O–H groups in total. The average Bonchev–Trinajstić information content (AvgIpc) is 3.42. The summed E-state index contributed by atoms with van der Waals surface area (Å²) in [6, 6.07) is 7.45. The predicted octanol–water partition coefficient (Wildman–Crippen LogP) is 4.79. The Morgan fingerprint density at radius 3 is 2.20 bits per heavy atom. The van der Waals surface area contributed by atoms with Crippen LogP contribution in [0.3, 0.4) is 0 Å². The Kier molecular flexibility index (Phi) is 8.66. The summed E-state index contributed by atoms with van der Waals surface area (Å²) in [7, 11) is -4.20. The SMILES string of the molecule is CC(C)N1CC2N(C(=O)C(N3CCCC3)CN2S(=O)(=O)c2ccc(Cl)cc2Cl)C(Cc2ccc(Cl)c(Cl)c2)C1=O. The van der Waals surface area contributed by atoms with E-state index in [1.807, 2.05) is 18.7 Å². The number of benzene rings is 2. The molecule has 2 amide bonds. The third-order valence-corrected chi connectivity index (χ3v) is 11.2. The molecule has 0 saturated carbocycles. The van der Waals surface area contributed by atoms with Crippen LogP contribution >= 0.6 is 46.4 Å². The molecule has 3 saturated heterocycles. The average molecular weight is 648 g/mol. The highest BCUT2D eigenvalue weighted by Crippen LogP contribution is 2.37. The third-order valence-electron chi connectivity index (χ3n) is 7.91. The van der Waals surface area contributed by atoms with Gasteiger partial charge in [0.05, 0.1) is 21.6 Å². The fourth-order valence-electron chi connectivity index (χ4n) is 5.88. The topological polar surface area (TPSA) is 81.2 Å². The van der Waals surface area contributed by atoms with Gasteiger partial charge < -0.3 is 9.80 Å². The lowest BCUT2D eigenvalue weighted by Crippen LogP contribution is -2.76. The van der Waals surface area contributed by atoms with Crippen molar-refractivity contribution >= 4 is 68.2 Å². The van der Waals surface area contributed by atoms with Gasteiger partial charge in [-0.3, -0.25) is 14.5 Å². The Morgan fingerprint density at radius 2 is 1.57 bits per heavy atom. The molecule has 216 valence electrons. The smallest absolute Gasteiger partial charge is 0.246 e. The van der Waals surface area contributed by atoms with Gasteiger partial charge in [0.2, 0.25) is 21.8 Å². The van der Waals surface area contributed by atoms with E-state index in [1.165, 1.54) is 27.4 Å². The number of carbonyl (C=O) groups excluding carboxylic acids is 2. The van der Waals surface area contributed by atoms with Gasteiger partial charge in [0.15, 0.2) is 0 Å². The minimum Gasteiger partial charge on any atom is -0.335 e. The lowest BCUT2D eigenvalue weighted by atomic mass is 9.96. The van der Waals surface area contributed by atoms with Crippen LogP contribution in [-0.2, 0) is 26.0 Å². The zero-order chi connectivity index (χ0) is 28.9. The number of rotatable bonds is 6. The summed E-state index contributed by atoms with van der Waals surface area (Å²) < 4.78 is 29.8. The molecule has 0 radical (unpaired) electrons.